The number of halogens is 3. The molecular weight excluding hydrogens is 145 g/mol. The number of rotatable bonds is 0. The molecule has 2 nitrogen and oxygen atoms in total. The Bertz CT molecular complexity index is 180. The highest BCUT2D eigenvalue weighted by molar-refractivity contribution is 5.17. The van der Waals surface area contributed by atoms with E-state index in [0.717, 1.165) is 6.08 Å². The van der Waals surface area contributed by atoms with Gasteiger partial charge in [-0.25, -0.2) is 0 Å². The van der Waals surface area contributed by atoms with Crippen molar-refractivity contribution in [1.82, 2.24) is 10.9 Å². The van der Waals surface area contributed by atoms with Crippen LogP contribution in [0.25, 0.3) is 0 Å². The predicted octanol–water partition coefficient (Wildman–Crippen LogP) is 1.05. The molecule has 2 N–H and O–H groups in total. The first-order chi connectivity index (χ1) is 4.61. The number of hydrogen-bond donors (Lipinski definition) is 2. The second kappa shape index (κ2) is 2.24. The molecule has 0 spiro atoms. The molecule has 0 unspecified atom stereocenters. The van der Waals surface area contributed by atoms with Gasteiger partial charge in [-0.15, -0.1) is 0 Å². The molecule has 0 aliphatic carbocycles. The van der Waals surface area contributed by atoms with Crippen molar-refractivity contribution in [3.8, 4) is 0 Å². The predicted molar refractivity (Wildman–Crippen MR) is 29.5 cm³/mol. The standard InChI is InChI=1S/C5H5F3N2/c6-5(7,8)4-2-1-3-9-10-4/h1-3,9-10H. The molecule has 0 aromatic rings. The third-order valence-electron chi connectivity index (χ3n) is 0.955. The lowest BCUT2D eigenvalue weighted by molar-refractivity contribution is -0.0978. The second-order valence-electron chi connectivity index (χ2n) is 1.71. The van der Waals surface area contributed by atoms with E-state index in [-0.39, 0.29) is 0 Å². The van der Waals surface area contributed by atoms with Crippen LogP contribution in [-0.2, 0) is 0 Å². The molecule has 0 saturated carbocycles. The monoisotopic (exact) mass is 150 g/mol. The van der Waals surface area contributed by atoms with E-state index in [1.54, 1.807) is 0 Å². The van der Waals surface area contributed by atoms with E-state index in [0.29, 0.717) is 0 Å². The highest BCUT2D eigenvalue weighted by Gasteiger charge is 2.33. The summed E-state index contributed by atoms with van der Waals surface area (Å²) in [4.78, 5) is 0. The van der Waals surface area contributed by atoms with Gasteiger partial charge in [-0.3, -0.25) is 5.43 Å². The highest BCUT2D eigenvalue weighted by Crippen LogP contribution is 2.23. The molecule has 0 aromatic carbocycles. The Balaban J connectivity index is 2.72. The molecule has 5 heteroatoms. The van der Waals surface area contributed by atoms with Gasteiger partial charge >= 0.3 is 6.18 Å². The Kier molecular flexibility index (Phi) is 1.57. The maximum atomic E-state index is 11.7. The van der Waals surface area contributed by atoms with Crippen LogP contribution in [0.3, 0.4) is 0 Å². The summed E-state index contributed by atoms with van der Waals surface area (Å²) in [6.45, 7) is 0. The summed E-state index contributed by atoms with van der Waals surface area (Å²) < 4.78 is 35.2. The van der Waals surface area contributed by atoms with E-state index in [2.05, 4.69) is 5.43 Å². The zero-order valence-corrected chi connectivity index (χ0v) is 4.87. The summed E-state index contributed by atoms with van der Waals surface area (Å²) in [5.74, 6) is 0. The minimum Gasteiger partial charge on any atom is -0.308 e. The quantitative estimate of drug-likeness (QED) is 0.539. The lowest BCUT2D eigenvalue weighted by atomic mass is 10.3. The van der Waals surface area contributed by atoms with Crippen molar-refractivity contribution < 1.29 is 13.2 Å². The Morgan fingerprint density at radius 1 is 1.30 bits per heavy atom. The third-order valence-corrected chi connectivity index (χ3v) is 0.955. The number of allylic oxidation sites excluding steroid dienone is 3. The molecule has 0 bridgehead atoms. The van der Waals surface area contributed by atoms with Crippen molar-refractivity contribution in [2.45, 2.75) is 6.18 Å². The molecule has 0 fully saturated rings. The van der Waals surface area contributed by atoms with E-state index < -0.39 is 11.9 Å². The molecule has 1 rings (SSSR count). The number of nitrogens with one attached hydrogen (secondary N) is 2. The van der Waals surface area contributed by atoms with E-state index in [4.69, 9.17) is 0 Å². The van der Waals surface area contributed by atoms with Crippen molar-refractivity contribution >= 4 is 0 Å². The fourth-order valence-corrected chi connectivity index (χ4v) is 0.519. The van der Waals surface area contributed by atoms with Crippen LogP contribution in [0.4, 0.5) is 13.2 Å². The van der Waals surface area contributed by atoms with Crippen LogP contribution in [0.2, 0.25) is 0 Å². The van der Waals surface area contributed by atoms with Gasteiger partial charge in [0, 0.05) is 6.20 Å². The molecule has 10 heavy (non-hydrogen) atoms. The number of hydrogen-bond acceptors (Lipinski definition) is 2. The van der Waals surface area contributed by atoms with Gasteiger partial charge in [-0.2, -0.15) is 13.2 Å². The minimum absolute atomic E-state index is 0.782. The van der Waals surface area contributed by atoms with E-state index in [9.17, 15) is 13.2 Å². The van der Waals surface area contributed by atoms with Crippen LogP contribution in [0.1, 0.15) is 0 Å². The zero-order valence-electron chi connectivity index (χ0n) is 4.87. The first-order valence-corrected chi connectivity index (χ1v) is 2.56. The van der Waals surface area contributed by atoms with Gasteiger partial charge in [0.05, 0.1) is 0 Å². The van der Waals surface area contributed by atoms with Crippen molar-refractivity contribution in [3.05, 3.63) is 24.0 Å². The summed E-state index contributed by atoms with van der Waals surface area (Å²) in [6, 6.07) is 0. The van der Waals surface area contributed by atoms with E-state index >= 15 is 0 Å². The Morgan fingerprint density at radius 2 is 2.00 bits per heavy atom. The summed E-state index contributed by atoms with van der Waals surface area (Å²) in [5.41, 5.74) is 3.40. The van der Waals surface area contributed by atoms with Crippen molar-refractivity contribution in [2.75, 3.05) is 0 Å². The topological polar surface area (TPSA) is 24.1 Å². The molecule has 0 atom stereocenters. The SMILES string of the molecule is FC(F)(F)C1=CC=CNN1. The molecule has 1 aliphatic heterocycles. The van der Waals surface area contributed by atoms with Crippen LogP contribution >= 0.6 is 0 Å². The number of alkyl halides is 3. The smallest absolute Gasteiger partial charge is 0.308 e. The molecule has 0 aromatic heterocycles. The molecule has 56 valence electrons. The van der Waals surface area contributed by atoms with Gasteiger partial charge < -0.3 is 5.43 Å². The largest absolute Gasteiger partial charge is 0.432 e. The molecule has 1 heterocycles. The molecule has 0 amide bonds. The van der Waals surface area contributed by atoms with E-state index in [1.165, 1.54) is 12.3 Å². The average Bonchev–Trinajstić information content (AvgIpc) is 1.88. The maximum absolute atomic E-state index is 11.7. The fourth-order valence-electron chi connectivity index (χ4n) is 0.519. The van der Waals surface area contributed by atoms with Gasteiger partial charge in [0.15, 0.2) is 0 Å². The zero-order chi connectivity index (χ0) is 7.61. The fraction of sp³-hybridized carbons (Fsp3) is 0.200. The van der Waals surface area contributed by atoms with Crippen molar-refractivity contribution in [1.29, 1.82) is 0 Å². The van der Waals surface area contributed by atoms with Gasteiger partial charge in [0.25, 0.3) is 0 Å². The van der Waals surface area contributed by atoms with Crippen LogP contribution in [-0.4, -0.2) is 6.18 Å². The molecular formula is C5H5F3N2. The Labute approximate surface area is 55.4 Å². The first kappa shape index (κ1) is 6.98. The number of hydrazine groups is 1. The summed E-state index contributed by atoms with van der Waals surface area (Å²) in [6.07, 6.45) is -0.692. The molecule has 1 aliphatic rings. The summed E-state index contributed by atoms with van der Waals surface area (Å²) in [7, 11) is 0. The minimum atomic E-state index is -4.29. The summed E-state index contributed by atoms with van der Waals surface area (Å²) >= 11 is 0. The van der Waals surface area contributed by atoms with Gasteiger partial charge in [0.2, 0.25) is 0 Å². The van der Waals surface area contributed by atoms with Crippen molar-refractivity contribution in [3.63, 3.8) is 0 Å². The molecule has 0 radical (unpaired) electrons. The average molecular weight is 150 g/mol. The lowest BCUT2D eigenvalue weighted by Gasteiger charge is -2.15. The highest BCUT2D eigenvalue weighted by atomic mass is 19.4. The van der Waals surface area contributed by atoms with Crippen molar-refractivity contribution in [2.24, 2.45) is 0 Å². The lowest BCUT2D eigenvalue weighted by Crippen LogP contribution is -2.35. The van der Waals surface area contributed by atoms with Gasteiger partial charge in [-0.05, 0) is 12.2 Å². The Hall–Kier alpha value is -1.13. The third kappa shape index (κ3) is 1.43. The van der Waals surface area contributed by atoms with Crippen LogP contribution in [0.15, 0.2) is 24.0 Å². The van der Waals surface area contributed by atoms with Crippen LogP contribution < -0.4 is 10.9 Å². The normalized spacial score (nSPS) is 17.3. The van der Waals surface area contributed by atoms with Gasteiger partial charge in [-0.1, -0.05) is 0 Å². The van der Waals surface area contributed by atoms with E-state index in [1.807, 2.05) is 5.43 Å². The molecule has 0 saturated heterocycles. The maximum Gasteiger partial charge on any atom is 0.432 e. The first-order valence-electron chi connectivity index (χ1n) is 2.56. The van der Waals surface area contributed by atoms with Crippen LogP contribution in [0, 0.1) is 0 Å². The summed E-state index contributed by atoms with van der Waals surface area (Å²) in [5, 5.41) is 0. The Morgan fingerprint density at radius 3 is 2.30 bits per heavy atom. The van der Waals surface area contributed by atoms with Gasteiger partial charge in [0.1, 0.15) is 5.70 Å². The van der Waals surface area contributed by atoms with Crippen LogP contribution in [0.5, 0.6) is 0 Å². The second-order valence-corrected chi connectivity index (χ2v) is 1.71.